The Balaban J connectivity index is 2.55. The van der Waals surface area contributed by atoms with Crippen molar-refractivity contribution in [1.82, 2.24) is 0 Å². The number of nitro groups is 1. The maximum atomic E-state index is 10.7. The van der Waals surface area contributed by atoms with Gasteiger partial charge in [0.2, 0.25) is 0 Å². The largest absolute Gasteiger partial charge is 0.373 e. The Kier molecular flexibility index (Phi) is 1.96. The maximum absolute atomic E-state index is 10.7. The smallest absolute Gasteiger partial charge is 0.271 e. The Morgan fingerprint density at radius 1 is 1.47 bits per heavy atom. The van der Waals surface area contributed by atoms with Crippen molar-refractivity contribution in [3.05, 3.63) is 33.9 Å². The second kappa shape index (κ2) is 2.95. The molecule has 0 unspecified atom stereocenters. The highest BCUT2D eigenvalue weighted by molar-refractivity contribution is 5.65. The number of fused-ring (bicyclic) bond motifs is 1. The van der Waals surface area contributed by atoms with E-state index in [9.17, 15) is 10.1 Å². The van der Waals surface area contributed by atoms with Gasteiger partial charge in [0.05, 0.1) is 4.92 Å². The van der Waals surface area contributed by atoms with Crippen molar-refractivity contribution in [2.24, 2.45) is 0 Å². The fourth-order valence-corrected chi connectivity index (χ4v) is 2.28. The fraction of sp³-hybridized carbons (Fsp3) is 0.455. The molecule has 1 aliphatic rings. The molecule has 0 spiro atoms. The van der Waals surface area contributed by atoms with E-state index in [4.69, 9.17) is 0 Å². The molecule has 0 aliphatic carbocycles. The molecule has 15 heavy (non-hydrogen) atoms. The molecule has 0 N–H and O–H groups in total. The van der Waals surface area contributed by atoms with E-state index in [-0.39, 0.29) is 16.0 Å². The lowest BCUT2D eigenvalue weighted by Crippen LogP contribution is -2.24. The highest BCUT2D eigenvalue weighted by Crippen LogP contribution is 2.41. The summed E-state index contributed by atoms with van der Waals surface area (Å²) in [6.07, 6.45) is 0. The summed E-state index contributed by atoms with van der Waals surface area (Å²) in [5.41, 5.74) is 2.42. The number of non-ortho nitro benzene ring substituents is 1. The van der Waals surface area contributed by atoms with Crippen molar-refractivity contribution in [1.29, 1.82) is 0 Å². The number of nitrogens with zero attached hydrogens (tertiary/aromatic N) is 2. The average Bonchev–Trinajstić information content (AvgIpc) is 2.37. The summed E-state index contributed by atoms with van der Waals surface area (Å²) in [6.45, 7) is 5.21. The molecule has 0 aromatic heterocycles. The monoisotopic (exact) mass is 206 g/mol. The van der Waals surface area contributed by atoms with Crippen LogP contribution in [-0.2, 0) is 5.41 Å². The molecule has 0 saturated carbocycles. The third-order valence-corrected chi connectivity index (χ3v) is 2.96. The Bertz CT molecular complexity index is 427. The van der Waals surface area contributed by atoms with Gasteiger partial charge in [-0.3, -0.25) is 10.1 Å². The SMILES string of the molecule is CN1CC(C)(C)c2ccc([N+](=O)[O-])cc21. The molecule has 1 aromatic carbocycles. The highest BCUT2D eigenvalue weighted by Gasteiger charge is 2.34. The zero-order chi connectivity index (χ0) is 11.2. The van der Waals surface area contributed by atoms with Crippen LogP contribution < -0.4 is 4.90 Å². The summed E-state index contributed by atoms with van der Waals surface area (Å²) < 4.78 is 0. The maximum Gasteiger partial charge on any atom is 0.271 e. The van der Waals surface area contributed by atoms with Crippen LogP contribution >= 0.6 is 0 Å². The van der Waals surface area contributed by atoms with Crippen LogP contribution in [0, 0.1) is 10.1 Å². The minimum atomic E-state index is -0.348. The lowest BCUT2D eigenvalue weighted by molar-refractivity contribution is -0.384. The van der Waals surface area contributed by atoms with Gasteiger partial charge in [-0.15, -0.1) is 0 Å². The zero-order valence-electron chi connectivity index (χ0n) is 9.15. The van der Waals surface area contributed by atoms with E-state index in [0.29, 0.717) is 0 Å². The predicted molar refractivity (Wildman–Crippen MR) is 59.4 cm³/mol. The van der Waals surface area contributed by atoms with Crippen molar-refractivity contribution in [2.75, 3.05) is 18.5 Å². The van der Waals surface area contributed by atoms with E-state index in [1.165, 1.54) is 5.56 Å². The molecule has 80 valence electrons. The Labute approximate surface area is 88.7 Å². The van der Waals surface area contributed by atoms with Gasteiger partial charge in [-0.25, -0.2) is 0 Å². The topological polar surface area (TPSA) is 46.4 Å². The van der Waals surface area contributed by atoms with Crippen LogP contribution in [0.5, 0.6) is 0 Å². The number of anilines is 1. The van der Waals surface area contributed by atoms with Gasteiger partial charge in [0, 0.05) is 36.8 Å². The molecular formula is C11H14N2O2. The number of rotatable bonds is 1. The zero-order valence-corrected chi connectivity index (χ0v) is 9.15. The van der Waals surface area contributed by atoms with Gasteiger partial charge in [-0.05, 0) is 11.6 Å². The molecule has 0 fully saturated rings. The predicted octanol–water partition coefficient (Wildman–Crippen LogP) is 2.32. The number of benzene rings is 1. The number of hydrogen-bond donors (Lipinski definition) is 0. The van der Waals surface area contributed by atoms with E-state index >= 15 is 0 Å². The van der Waals surface area contributed by atoms with Crippen molar-refractivity contribution in [3.63, 3.8) is 0 Å². The van der Waals surface area contributed by atoms with Crippen molar-refractivity contribution in [3.8, 4) is 0 Å². The number of hydrogen-bond acceptors (Lipinski definition) is 3. The molecule has 2 rings (SSSR count). The van der Waals surface area contributed by atoms with Gasteiger partial charge < -0.3 is 4.90 Å². The second-order valence-electron chi connectivity index (χ2n) is 4.70. The fourth-order valence-electron chi connectivity index (χ4n) is 2.28. The Morgan fingerprint density at radius 3 is 2.73 bits per heavy atom. The molecule has 0 saturated heterocycles. The minimum absolute atomic E-state index is 0.0826. The molecule has 1 aromatic rings. The van der Waals surface area contributed by atoms with Crippen LogP contribution in [0.2, 0.25) is 0 Å². The van der Waals surface area contributed by atoms with Crippen LogP contribution in [0.4, 0.5) is 11.4 Å². The lowest BCUT2D eigenvalue weighted by atomic mass is 9.87. The molecule has 0 bridgehead atoms. The Hall–Kier alpha value is -1.58. The van der Waals surface area contributed by atoms with Gasteiger partial charge in [-0.2, -0.15) is 0 Å². The van der Waals surface area contributed by atoms with Gasteiger partial charge in [0.1, 0.15) is 0 Å². The lowest BCUT2D eigenvalue weighted by Gasteiger charge is -2.18. The summed E-state index contributed by atoms with van der Waals surface area (Å²) >= 11 is 0. The first-order chi connectivity index (χ1) is 6.92. The molecule has 4 heteroatoms. The van der Waals surface area contributed by atoms with Gasteiger partial charge in [0.15, 0.2) is 0 Å². The van der Waals surface area contributed by atoms with Crippen molar-refractivity contribution in [2.45, 2.75) is 19.3 Å². The highest BCUT2D eigenvalue weighted by atomic mass is 16.6. The first-order valence-electron chi connectivity index (χ1n) is 4.92. The molecular weight excluding hydrogens is 192 g/mol. The van der Waals surface area contributed by atoms with Crippen molar-refractivity contribution < 1.29 is 4.92 Å². The summed E-state index contributed by atoms with van der Waals surface area (Å²) in [5, 5.41) is 10.7. The van der Waals surface area contributed by atoms with E-state index in [1.807, 2.05) is 13.1 Å². The normalized spacial score (nSPS) is 17.7. The van der Waals surface area contributed by atoms with Gasteiger partial charge in [-0.1, -0.05) is 13.8 Å². The third-order valence-electron chi connectivity index (χ3n) is 2.96. The van der Waals surface area contributed by atoms with Crippen LogP contribution in [0.15, 0.2) is 18.2 Å². The Morgan fingerprint density at radius 2 is 2.13 bits per heavy atom. The van der Waals surface area contributed by atoms with Crippen LogP contribution in [0.25, 0.3) is 0 Å². The van der Waals surface area contributed by atoms with Gasteiger partial charge >= 0.3 is 0 Å². The van der Waals surface area contributed by atoms with E-state index in [0.717, 1.165) is 12.2 Å². The summed E-state index contributed by atoms with van der Waals surface area (Å²) in [7, 11) is 1.97. The molecule has 0 amide bonds. The quantitative estimate of drug-likeness (QED) is 0.523. The van der Waals surface area contributed by atoms with E-state index in [1.54, 1.807) is 12.1 Å². The molecule has 1 aliphatic heterocycles. The molecule has 1 heterocycles. The third kappa shape index (κ3) is 1.46. The summed E-state index contributed by atoms with van der Waals surface area (Å²) in [5.74, 6) is 0. The number of likely N-dealkylation sites (N-methyl/N-ethyl adjacent to an activating group) is 1. The summed E-state index contributed by atoms with van der Waals surface area (Å²) in [4.78, 5) is 12.4. The molecule has 0 radical (unpaired) electrons. The molecule has 0 atom stereocenters. The first-order valence-corrected chi connectivity index (χ1v) is 4.92. The van der Waals surface area contributed by atoms with Crippen LogP contribution in [0.3, 0.4) is 0 Å². The van der Waals surface area contributed by atoms with Crippen molar-refractivity contribution >= 4 is 11.4 Å². The van der Waals surface area contributed by atoms with E-state index in [2.05, 4.69) is 18.7 Å². The second-order valence-corrected chi connectivity index (χ2v) is 4.70. The standard InChI is InChI=1S/C11H14N2O2/c1-11(2)7-12(3)10-6-8(13(14)15)4-5-9(10)11/h4-6H,7H2,1-3H3. The van der Waals surface area contributed by atoms with Gasteiger partial charge in [0.25, 0.3) is 5.69 Å². The van der Waals surface area contributed by atoms with Crippen LogP contribution in [-0.4, -0.2) is 18.5 Å². The summed E-state index contributed by atoms with van der Waals surface area (Å²) in [6, 6.07) is 5.11. The number of nitro benzene ring substituents is 1. The van der Waals surface area contributed by atoms with Crippen LogP contribution in [0.1, 0.15) is 19.4 Å². The minimum Gasteiger partial charge on any atom is -0.373 e. The average molecular weight is 206 g/mol. The molecule has 4 nitrogen and oxygen atoms in total. The first kappa shape index (κ1) is 9.96. The van der Waals surface area contributed by atoms with E-state index < -0.39 is 0 Å².